The normalized spacial score (nSPS) is 11.5. The summed E-state index contributed by atoms with van der Waals surface area (Å²) in [7, 11) is 0. The third kappa shape index (κ3) is 7.18. The van der Waals surface area contributed by atoms with Crippen LogP contribution in [0.15, 0.2) is 66.6 Å². The van der Waals surface area contributed by atoms with Crippen molar-refractivity contribution in [1.82, 2.24) is 9.38 Å². The number of benzene rings is 1. The smallest absolute Gasteiger partial charge is 0.162 e. The van der Waals surface area contributed by atoms with Crippen LogP contribution in [0.5, 0.6) is 0 Å². The summed E-state index contributed by atoms with van der Waals surface area (Å²) in [5.74, 6) is 0.547. The number of aliphatic hydroxyl groups excluding tert-OH is 1. The van der Waals surface area contributed by atoms with Crippen molar-refractivity contribution in [2.45, 2.75) is 67.2 Å². The summed E-state index contributed by atoms with van der Waals surface area (Å²) in [4.78, 5) is 16.3. The number of hydrogen-bond acceptors (Lipinski definition) is 3. The van der Waals surface area contributed by atoms with E-state index in [1.54, 1.807) is 0 Å². The third-order valence-corrected chi connectivity index (χ3v) is 7.18. The van der Waals surface area contributed by atoms with Crippen LogP contribution in [0.2, 0.25) is 0 Å². The topological polar surface area (TPSA) is 54.6 Å². The Bertz CT molecular complexity index is 1330. The number of carbonyl (C=O) groups is 1. The van der Waals surface area contributed by atoms with Crippen molar-refractivity contribution in [3.05, 3.63) is 83.9 Å². The van der Waals surface area contributed by atoms with E-state index in [4.69, 9.17) is 0 Å². The fraction of sp³-hybridized carbons (Fsp3) is 0.375. The van der Waals surface area contributed by atoms with E-state index in [9.17, 15) is 9.90 Å². The molecule has 0 atom stereocenters. The van der Waals surface area contributed by atoms with Gasteiger partial charge in [0.2, 0.25) is 0 Å². The molecule has 5 heteroatoms. The summed E-state index contributed by atoms with van der Waals surface area (Å²) in [6, 6.07) is 19.9. The van der Waals surface area contributed by atoms with E-state index >= 15 is 0 Å². The third-order valence-electron chi connectivity index (χ3n) is 7.18. The molecule has 0 aliphatic rings. The van der Waals surface area contributed by atoms with Gasteiger partial charge < -0.3 is 14.5 Å². The molecule has 1 aromatic carbocycles. The zero-order chi connectivity index (χ0) is 26.2. The molecule has 0 saturated heterocycles. The summed E-state index contributed by atoms with van der Waals surface area (Å²) in [5, 5.41) is 10.9. The van der Waals surface area contributed by atoms with Gasteiger partial charge in [-0.15, -0.1) is 35.9 Å². The SMILES string of the molecule is CCC(CC)C(=O)/C=C(\O)C(CC)CC.Cc1cc2ccc3cnc(-c4[c-]cccc4)cc3n2c1C.[Ir]. The van der Waals surface area contributed by atoms with Crippen molar-refractivity contribution in [1.29, 1.82) is 0 Å². The molecule has 1 N–H and O–H groups in total. The molecule has 0 bridgehead atoms. The van der Waals surface area contributed by atoms with Gasteiger partial charge in [0.1, 0.15) is 0 Å². The largest absolute Gasteiger partial charge is 0.512 e. The number of hydrogen-bond donors (Lipinski definition) is 1. The molecule has 0 spiro atoms. The molecule has 0 unspecified atom stereocenters. The molecule has 4 nitrogen and oxygen atoms in total. The van der Waals surface area contributed by atoms with E-state index in [0.29, 0.717) is 0 Å². The number of nitrogens with zero attached hydrogens (tertiary/aromatic N) is 2. The van der Waals surface area contributed by atoms with Gasteiger partial charge in [-0.3, -0.25) is 4.79 Å². The number of allylic oxidation sites excluding steroid dienone is 2. The second-order valence-electron chi connectivity index (χ2n) is 9.41. The Morgan fingerprint density at radius 3 is 2.27 bits per heavy atom. The molecular formula is C32H39IrN2O2-. The summed E-state index contributed by atoms with van der Waals surface area (Å²) in [6.07, 6.45) is 6.85. The van der Waals surface area contributed by atoms with Gasteiger partial charge in [-0.2, -0.15) is 0 Å². The standard InChI is InChI=1S/C19H15N2.C13H24O2.Ir/c1-13-10-17-9-8-16-12-20-18(15-6-4-3-5-7-15)11-19(16)21(17)14(13)2;1-5-10(6-2)12(14)9-13(15)11(7-3)8-4;/h3-6,8-12H,1-2H3;9-11,14H,5-8H2,1-4H3;/q-1;;/b;12-9-;. The van der Waals surface area contributed by atoms with Crippen LogP contribution in [0.25, 0.3) is 27.7 Å². The van der Waals surface area contributed by atoms with Crippen molar-refractivity contribution in [3.8, 4) is 11.3 Å². The van der Waals surface area contributed by atoms with E-state index in [1.807, 2.05) is 58.2 Å². The number of aliphatic hydroxyl groups is 1. The van der Waals surface area contributed by atoms with Gasteiger partial charge in [-0.05, 0) is 69.0 Å². The summed E-state index contributed by atoms with van der Waals surface area (Å²) in [5.41, 5.74) is 7.00. The average molecular weight is 676 g/mol. The van der Waals surface area contributed by atoms with Gasteiger partial charge >= 0.3 is 0 Å². The van der Waals surface area contributed by atoms with Crippen molar-refractivity contribution in [2.75, 3.05) is 0 Å². The number of rotatable bonds is 8. The monoisotopic (exact) mass is 676 g/mol. The zero-order valence-electron chi connectivity index (χ0n) is 22.8. The Kier molecular flexibility index (Phi) is 11.7. The Labute approximate surface area is 235 Å². The van der Waals surface area contributed by atoms with Crippen LogP contribution in [0.3, 0.4) is 0 Å². The predicted octanol–water partition coefficient (Wildman–Crippen LogP) is 8.44. The molecule has 0 aliphatic heterocycles. The maximum Gasteiger partial charge on any atom is 0.162 e. The Hall–Kier alpha value is -2.75. The van der Waals surface area contributed by atoms with Crippen LogP contribution in [-0.4, -0.2) is 20.3 Å². The van der Waals surface area contributed by atoms with Crippen LogP contribution in [-0.2, 0) is 24.9 Å². The zero-order valence-corrected chi connectivity index (χ0v) is 25.2. The fourth-order valence-electron chi connectivity index (χ4n) is 4.64. The molecule has 1 radical (unpaired) electrons. The number of carbonyl (C=O) groups excluding carboxylic acids is 1. The molecule has 4 rings (SSSR count). The van der Waals surface area contributed by atoms with E-state index in [0.717, 1.165) is 42.3 Å². The fourth-order valence-corrected chi connectivity index (χ4v) is 4.64. The number of aryl methyl sites for hydroxylation is 2. The van der Waals surface area contributed by atoms with E-state index in [-0.39, 0.29) is 43.5 Å². The van der Waals surface area contributed by atoms with Gasteiger partial charge in [0.15, 0.2) is 5.78 Å². The first-order valence-electron chi connectivity index (χ1n) is 13.1. The summed E-state index contributed by atoms with van der Waals surface area (Å²) >= 11 is 0. The van der Waals surface area contributed by atoms with Gasteiger partial charge in [0.25, 0.3) is 0 Å². The van der Waals surface area contributed by atoms with Gasteiger partial charge in [0, 0.05) is 66.3 Å². The van der Waals surface area contributed by atoms with Gasteiger partial charge in [0.05, 0.1) is 5.76 Å². The maximum atomic E-state index is 11.7. The number of ketones is 1. The second kappa shape index (κ2) is 14.3. The molecule has 0 fully saturated rings. The van der Waals surface area contributed by atoms with Crippen LogP contribution in [0.1, 0.15) is 64.6 Å². The first-order chi connectivity index (χ1) is 17.3. The number of aromatic nitrogens is 2. The Morgan fingerprint density at radius 1 is 1.00 bits per heavy atom. The van der Waals surface area contributed by atoms with Gasteiger partial charge in [-0.1, -0.05) is 33.8 Å². The van der Waals surface area contributed by atoms with Crippen molar-refractivity contribution >= 4 is 22.2 Å². The average Bonchev–Trinajstić information content (AvgIpc) is 3.19. The minimum absolute atomic E-state index is 0. The van der Waals surface area contributed by atoms with E-state index in [1.165, 1.54) is 28.4 Å². The first kappa shape index (κ1) is 30.5. The van der Waals surface area contributed by atoms with Crippen LogP contribution >= 0.6 is 0 Å². The van der Waals surface area contributed by atoms with E-state index < -0.39 is 0 Å². The Balaban J connectivity index is 0.000000271. The summed E-state index contributed by atoms with van der Waals surface area (Å²) < 4.78 is 2.30. The molecular weight excluding hydrogens is 637 g/mol. The molecule has 37 heavy (non-hydrogen) atoms. The molecule has 0 aliphatic carbocycles. The second-order valence-corrected chi connectivity index (χ2v) is 9.41. The minimum Gasteiger partial charge on any atom is -0.512 e. The van der Waals surface area contributed by atoms with Crippen molar-refractivity contribution < 1.29 is 30.0 Å². The predicted molar refractivity (Wildman–Crippen MR) is 150 cm³/mol. The quantitative estimate of drug-likeness (QED) is 0.116. The van der Waals surface area contributed by atoms with Crippen LogP contribution in [0, 0.1) is 31.7 Å². The Morgan fingerprint density at radius 2 is 1.68 bits per heavy atom. The molecule has 3 aromatic heterocycles. The van der Waals surface area contributed by atoms with E-state index in [2.05, 4.69) is 53.6 Å². The molecule has 199 valence electrons. The minimum atomic E-state index is 0. The number of fused-ring (bicyclic) bond motifs is 3. The van der Waals surface area contributed by atoms with Crippen molar-refractivity contribution in [2.24, 2.45) is 11.8 Å². The summed E-state index contributed by atoms with van der Waals surface area (Å²) in [6.45, 7) is 12.4. The molecule has 0 saturated carbocycles. The first-order valence-corrected chi connectivity index (χ1v) is 13.1. The van der Waals surface area contributed by atoms with Crippen molar-refractivity contribution in [3.63, 3.8) is 0 Å². The molecule has 4 aromatic rings. The maximum absolute atomic E-state index is 11.7. The van der Waals surface area contributed by atoms with Crippen LogP contribution in [0.4, 0.5) is 0 Å². The van der Waals surface area contributed by atoms with Crippen LogP contribution < -0.4 is 0 Å². The molecule has 3 heterocycles. The molecule has 0 amide bonds. The van der Waals surface area contributed by atoms with Gasteiger partial charge in [-0.25, -0.2) is 0 Å². The number of pyridine rings is 2.